The molecule has 0 bridgehead atoms. The number of anilines is 3. The van der Waals surface area contributed by atoms with Crippen LogP contribution in [-0.4, -0.2) is 17.9 Å². The maximum absolute atomic E-state index is 12.3. The van der Waals surface area contributed by atoms with Gasteiger partial charge in [0.05, 0.1) is 17.8 Å². The van der Waals surface area contributed by atoms with E-state index in [0.29, 0.717) is 0 Å². The monoisotopic (exact) mass is 337 g/mol. The van der Waals surface area contributed by atoms with Gasteiger partial charge >= 0.3 is 0 Å². The molecule has 3 rings (SSSR count). The summed E-state index contributed by atoms with van der Waals surface area (Å²) in [4.78, 5) is 24.4. The molecule has 0 unspecified atom stereocenters. The van der Waals surface area contributed by atoms with Crippen LogP contribution in [0.25, 0.3) is 0 Å². The molecule has 0 aromatic heterocycles. The van der Waals surface area contributed by atoms with E-state index in [0.717, 1.165) is 36.3 Å². The Morgan fingerprint density at radius 1 is 1.08 bits per heavy atom. The highest BCUT2D eigenvalue weighted by molar-refractivity contribution is 6.06. The Bertz CT molecular complexity index is 756. The fourth-order valence-electron chi connectivity index (χ4n) is 2.87. The van der Waals surface area contributed by atoms with Crippen LogP contribution in [0.15, 0.2) is 48.5 Å². The predicted molar refractivity (Wildman–Crippen MR) is 101 cm³/mol. The summed E-state index contributed by atoms with van der Waals surface area (Å²) in [5.41, 5.74) is 3.60. The van der Waals surface area contributed by atoms with Crippen molar-refractivity contribution in [1.82, 2.24) is 0 Å². The van der Waals surface area contributed by atoms with Gasteiger partial charge in [-0.1, -0.05) is 37.6 Å². The summed E-state index contributed by atoms with van der Waals surface area (Å²) in [5, 5.41) is 8.81. The maximum Gasteiger partial charge on any atom is 0.247 e. The van der Waals surface area contributed by atoms with Crippen LogP contribution >= 0.6 is 0 Å². The van der Waals surface area contributed by atoms with Gasteiger partial charge in [-0.25, -0.2) is 0 Å². The molecule has 1 atom stereocenters. The summed E-state index contributed by atoms with van der Waals surface area (Å²) in [6, 6.07) is 14.8. The second kappa shape index (κ2) is 7.83. The number of benzene rings is 2. The summed E-state index contributed by atoms with van der Waals surface area (Å²) in [6.07, 6.45) is 3.46. The Hall–Kier alpha value is -2.82. The molecule has 1 aliphatic heterocycles. The Morgan fingerprint density at radius 3 is 2.52 bits per heavy atom. The van der Waals surface area contributed by atoms with E-state index in [4.69, 9.17) is 0 Å². The van der Waals surface area contributed by atoms with E-state index in [1.165, 1.54) is 5.56 Å². The molecule has 5 nitrogen and oxygen atoms in total. The molecule has 5 heteroatoms. The Kier molecular flexibility index (Phi) is 5.33. The summed E-state index contributed by atoms with van der Waals surface area (Å²) >= 11 is 0. The van der Waals surface area contributed by atoms with Gasteiger partial charge in [-0.15, -0.1) is 0 Å². The number of carbonyl (C=O) groups excluding carboxylic acids is 2. The van der Waals surface area contributed by atoms with Crippen molar-refractivity contribution in [3.05, 3.63) is 54.1 Å². The Balaban J connectivity index is 1.56. The fourth-order valence-corrected chi connectivity index (χ4v) is 2.87. The molecular weight excluding hydrogens is 314 g/mol. The summed E-state index contributed by atoms with van der Waals surface area (Å²) in [7, 11) is 0. The van der Waals surface area contributed by atoms with Crippen molar-refractivity contribution < 1.29 is 9.59 Å². The van der Waals surface area contributed by atoms with Crippen LogP contribution in [0.4, 0.5) is 17.1 Å². The number of amides is 2. The highest BCUT2D eigenvalue weighted by Crippen LogP contribution is 2.26. The highest BCUT2D eigenvalue weighted by Gasteiger charge is 2.27. The predicted octanol–water partition coefficient (Wildman–Crippen LogP) is 3.79. The van der Waals surface area contributed by atoms with Crippen molar-refractivity contribution in [3.63, 3.8) is 0 Å². The van der Waals surface area contributed by atoms with E-state index in [1.807, 2.05) is 48.5 Å². The van der Waals surface area contributed by atoms with E-state index in [9.17, 15) is 9.59 Å². The lowest BCUT2D eigenvalue weighted by Crippen LogP contribution is -2.41. The molecule has 0 spiro atoms. The van der Waals surface area contributed by atoms with Crippen LogP contribution in [0, 0.1) is 0 Å². The van der Waals surface area contributed by atoms with Gasteiger partial charge < -0.3 is 16.0 Å². The largest absolute Gasteiger partial charge is 0.372 e. The topological polar surface area (TPSA) is 70.2 Å². The van der Waals surface area contributed by atoms with Gasteiger partial charge in [0.2, 0.25) is 11.8 Å². The molecule has 0 fully saturated rings. The van der Waals surface area contributed by atoms with Crippen LogP contribution < -0.4 is 16.0 Å². The van der Waals surface area contributed by atoms with E-state index in [1.54, 1.807) is 0 Å². The van der Waals surface area contributed by atoms with E-state index in [-0.39, 0.29) is 18.2 Å². The Labute approximate surface area is 147 Å². The van der Waals surface area contributed by atoms with Crippen molar-refractivity contribution in [1.29, 1.82) is 0 Å². The first-order valence-electron chi connectivity index (χ1n) is 8.71. The molecule has 25 heavy (non-hydrogen) atoms. The first-order chi connectivity index (χ1) is 12.2. The van der Waals surface area contributed by atoms with Crippen LogP contribution in [0.5, 0.6) is 0 Å². The number of hydrogen-bond acceptors (Lipinski definition) is 3. The van der Waals surface area contributed by atoms with Gasteiger partial charge in [0, 0.05) is 5.69 Å². The van der Waals surface area contributed by atoms with E-state index >= 15 is 0 Å². The quantitative estimate of drug-likeness (QED) is 0.751. The number of unbranched alkanes of at least 4 members (excludes halogenated alkanes) is 1. The normalized spacial score (nSPS) is 15.7. The minimum absolute atomic E-state index is 0.0811. The number of hydrogen-bond donors (Lipinski definition) is 3. The van der Waals surface area contributed by atoms with Gasteiger partial charge in [-0.2, -0.15) is 0 Å². The molecule has 3 N–H and O–H groups in total. The molecule has 1 heterocycles. The number of nitrogens with one attached hydrogen (secondary N) is 3. The second-order valence-corrected chi connectivity index (χ2v) is 6.28. The molecule has 0 aliphatic carbocycles. The number of fused-ring (bicyclic) bond motifs is 1. The summed E-state index contributed by atoms with van der Waals surface area (Å²) in [5.74, 6) is -0.378. The molecule has 0 radical (unpaired) electrons. The summed E-state index contributed by atoms with van der Waals surface area (Å²) < 4.78 is 0. The van der Waals surface area contributed by atoms with Crippen molar-refractivity contribution in [2.45, 2.75) is 38.6 Å². The highest BCUT2D eigenvalue weighted by atomic mass is 16.2. The maximum atomic E-state index is 12.3. The van der Waals surface area contributed by atoms with E-state index < -0.39 is 6.04 Å². The Morgan fingerprint density at radius 2 is 1.80 bits per heavy atom. The molecule has 2 aromatic carbocycles. The first-order valence-corrected chi connectivity index (χ1v) is 8.71. The van der Waals surface area contributed by atoms with Crippen molar-refractivity contribution in [3.8, 4) is 0 Å². The third-order valence-corrected chi connectivity index (χ3v) is 4.28. The van der Waals surface area contributed by atoms with Gasteiger partial charge in [0.15, 0.2) is 0 Å². The van der Waals surface area contributed by atoms with E-state index in [2.05, 4.69) is 22.9 Å². The average Bonchev–Trinajstić information content (AvgIpc) is 2.62. The first kappa shape index (κ1) is 17.0. The molecule has 0 saturated heterocycles. The third kappa shape index (κ3) is 4.38. The number of carbonyl (C=O) groups is 2. The van der Waals surface area contributed by atoms with Crippen LogP contribution in [0.3, 0.4) is 0 Å². The average molecular weight is 337 g/mol. The lowest BCUT2D eigenvalue weighted by molar-refractivity contribution is -0.122. The molecule has 130 valence electrons. The second-order valence-electron chi connectivity index (χ2n) is 6.28. The van der Waals surface area contributed by atoms with Crippen LogP contribution in [-0.2, 0) is 16.0 Å². The van der Waals surface area contributed by atoms with Gasteiger partial charge in [0.1, 0.15) is 6.04 Å². The zero-order valence-corrected chi connectivity index (χ0v) is 14.3. The molecular formula is C20H23N3O2. The molecule has 0 saturated carbocycles. The minimum atomic E-state index is -0.571. The fraction of sp³-hybridized carbons (Fsp3) is 0.300. The lowest BCUT2D eigenvalue weighted by Gasteiger charge is -2.26. The molecule has 2 aromatic rings. The number of rotatable bonds is 6. The minimum Gasteiger partial charge on any atom is -0.372 e. The molecule has 1 aliphatic rings. The van der Waals surface area contributed by atoms with Crippen LogP contribution in [0.1, 0.15) is 31.7 Å². The van der Waals surface area contributed by atoms with Crippen molar-refractivity contribution >= 4 is 28.9 Å². The summed E-state index contributed by atoms with van der Waals surface area (Å²) in [6.45, 7) is 2.17. The van der Waals surface area contributed by atoms with Crippen molar-refractivity contribution in [2.24, 2.45) is 0 Å². The van der Waals surface area contributed by atoms with Gasteiger partial charge in [0.25, 0.3) is 0 Å². The smallest absolute Gasteiger partial charge is 0.247 e. The zero-order chi connectivity index (χ0) is 17.6. The lowest BCUT2D eigenvalue weighted by atomic mass is 10.1. The molecule has 2 amide bonds. The number of para-hydroxylation sites is 2. The van der Waals surface area contributed by atoms with Crippen molar-refractivity contribution in [2.75, 3.05) is 16.0 Å². The van der Waals surface area contributed by atoms with Gasteiger partial charge in [-0.05, 0) is 42.7 Å². The van der Waals surface area contributed by atoms with Gasteiger partial charge in [-0.3, -0.25) is 9.59 Å². The number of aryl methyl sites for hydroxylation is 1. The van der Waals surface area contributed by atoms with Crippen LogP contribution in [0.2, 0.25) is 0 Å². The zero-order valence-electron chi connectivity index (χ0n) is 14.3. The third-order valence-electron chi connectivity index (χ3n) is 4.28. The standard InChI is InChI=1S/C20H23N3O2/c1-2-3-6-14-9-11-15(12-10-14)21-19(24)13-18-20(25)23-17-8-5-4-7-16(17)22-18/h4-5,7-12,18,22H,2-3,6,13H2,1H3,(H,21,24)(H,23,25)/t18-/m0/s1. The SMILES string of the molecule is CCCCc1ccc(NC(=O)C[C@@H]2Nc3ccccc3NC2=O)cc1.